The minimum Gasteiger partial charge on any atom is -0.478 e. The van der Waals surface area contributed by atoms with Crippen LogP contribution in [0.2, 0.25) is 0 Å². The van der Waals surface area contributed by atoms with E-state index in [0.29, 0.717) is 25.6 Å². The van der Waals surface area contributed by atoms with E-state index in [0.717, 1.165) is 79.7 Å². The molecule has 3 aliphatic rings. The third-order valence-electron chi connectivity index (χ3n) is 8.26. The number of piperazine rings is 1. The van der Waals surface area contributed by atoms with Gasteiger partial charge in [-0.25, -0.2) is 14.8 Å². The quantitative estimate of drug-likeness (QED) is 0.316. The summed E-state index contributed by atoms with van der Waals surface area (Å²) in [5, 5.41) is 10.5. The Kier molecular flexibility index (Phi) is 7.32. The molecule has 7 rings (SSSR count). The normalized spacial score (nSPS) is 19.2. The van der Waals surface area contributed by atoms with Crippen LogP contribution in [0, 0.1) is 0 Å². The molecule has 0 amide bonds. The lowest BCUT2D eigenvalue weighted by atomic mass is 10.0. The minimum atomic E-state index is -0.929. The fraction of sp³-hybridized carbons (Fsp3) is 0.467. The van der Waals surface area contributed by atoms with Crippen LogP contribution in [-0.2, 0) is 37.3 Å². The Bertz CT molecular complexity index is 1530. The van der Waals surface area contributed by atoms with E-state index in [1.807, 2.05) is 24.3 Å². The number of aromatic nitrogens is 4. The number of fused-ring (bicyclic) bond motifs is 2. The number of carboxylic acid groups (broad SMARTS) is 1. The Morgan fingerprint density at radius 3 is 2.71 bits per heavy atom. The zero-order valence-electron chi connectivity index (χ0n) is 23.0. The molecule has 3 aromatic heterocycles. The summed E-state index contributed by atoms with van der Waals surface area (Å²) in [6.45, 7) is 6.09. The number of thiazole rings is 1. The molecule has 0 bridgehead atoms. The maximum atomic E-state index is 11.6. The Morgan fingerprint density at radius 1 is 1.07 bits per heavy atom. The highest BCUT2D eigenvalue weighted by Crippen LogP contribution is 2.28. The van der Waals surface area contributed by atoms with Crippen molar-refractivity contribution < 1.29 is 19.4 Å². The smallest absolute Gasteiger partial charge is 0.335 e. The van der Waals surface area contributed by atoms with Crippen LogP contribution >= 0.6 is 11.3 Å². The summed E-state index contributed by atoms with van der Waals surface area (Å²) >= 11 is 1.78. The molecule has 10 nitrogen and oxygen atoms in total. The number of carbonyl (C=O) groups is 1. The molecule has 2 aliphatic heterocycles. The number of aryl methyl sites for hydroxylation is 2. The molecule has 11 heteroatoms. The molecular formula is C30H34N6O4S. The van der Waals surface area contributed by atoms with Crippen molar-refractivity contribution in [2.24, 2.45) is 0 Å². The molecule has 1 unspecified atom stereocenters. The lowest BCUT2D eigenvalue weighted by molar-refractivity contribution is -0.0592. The zero-order chi connectivity index (χ0) is 27.8. The Balaban J connectivity index is 0.993. The number of carboxylic acids is 1. The molecule has 41 heavy (non-hydrogen) atoms. The number of nitrogens with zero attached hydrogens (tertiary/aromatic N) is 6. The van der Waals surface area contributed by atoms with E-state index in [4.69, 9.17) is 24.4 Å². The maximum absolute atomic E-state index is 11.6. The van der Waals surface area contributed by atoms with Gasteiger partial charge in [-0.1, -0.05) is 6.07 Å². The van der Waals surface area contributed by atoms with Gasteiger partial charge < -0.3 is 24.0 Å². The van der Waals surface area contributed by atoms with Crippen LogP contribution in [0.3, 0.4) is 0 Å². The molecule has 1 aliphatic carbocycles. The van der Waals surface area contributed by atoms with E-state index in [1.54, 1.807) is 23.5 Å². The van der Waals surface area contributed by atoms with Crippen molar-refractivity contribution in [3.05, 3.63) is 63.4 Å². The van der Waals surface area contributed by atoms with Crippen LogP contribution in [0.1, 0.15) is 51.0 Å². The molecule has 1 aromatic carbocycles. The summed E-state index contributed by atoms with van der Waals surface area (Å²) in [6, 6.07) is 11.1. The lowest BCUT2D eigenvalue weighted by Crippen LogP contribution is -2.46. The van der Waals surface area contributed by atoms with Gasteiger partial charge in [-0.3, -0.25) is 4.90 Å². The van der Waals surface area contributed by atoms with Crippen LogP contribution in [0.4, 0.5) is 5.82 Å². The van der Waals surface area contributed by atoms with Crippen LogP contribution < -0.4 is 9.64 Å². The van der Waals surface area contributed by atoms with Crippen molar-refractivity contribution in [1.29, 1.82) is 0 Å². The van der Waals surface area contributed by atoms with Crippen molar-refractivity contribution >= 4 is 34.2 Å². The number of rotatable bonds is 9. The standard InChI is InChI=1S/C30H34N6O4S/c37-30(38)20-8-9-22-24(16-20)36(17-21-10-15-39-21)27(31-22)18-34-11-13-35(14-12-34)26-6-3-7-28(33-26)40-19-29-32-23-4-1-2-5-25(23)41-29/h3,6-9,16,21H,1-2,4-5,10-15,17-19H2,(H,37,38). The SMILES string of the molecule is O=C(O)c1ccc2nc(CN3CCN(c4cccc(OCc5nc6c(s5)CCCC6)n4)CC3)n(CC3CCO3)c2c1. The van der Waals surface area contributed by atoms with Crippen molar-refractivity contribution in [2.75, 3.05) is 37.7 Å². The predicted molar refractivity (Wildman–Crippen MR) is 156 cm³/mol. The lowest BCUT2D eigenvalue weighted by Gasteiger charge is -2.35. The van der Waals surface area contributed by atoms with E-state index in [-0.39, 0.29) is 11.7 Å². The highest BCUT2D eigenvalue weighted by Gasteiger charge is 2.25. The van der Waals surface area contributed by atoms with Gasteiger partial charge in [-0.2, -0.15) is 4.98 Å². The van der Waals surface area contributed by atoms with Gasteiger partial charge in [0.25, 0.3) is 0 Å². The van der Waals surface area contributed by atoms with E-state index >= 15 is 0 Å². The Hall–Kier alpha value is -3.54. The molecule has 0 radical (unpaired) electrons. The van der Waals surface area contributed by atoms with Gasteiger partial charge in [0, 0.05) is 43.7 Å². The van der Waals surface area contributed by atoms with E-state index in [2.05, 4.69) is 14.4 Å². The average molecular weight is 575 g/mol. The fourth-order valence-electron chi connectivity index (χ4n) is 5.86. The summed E-state index contributed by atoms with van der Waals surface area (Å²) in [7, 11) is 0. The van der Waals surface area contributed by atoms with Crippen molar-refractivity contribution in [1.82, 2.24) is 24.4 Å². The van der Waals surface area contributed by atoms with Crippen molar-refractivity contribution in [3.63, 3.8) is 0 Å². The largest absolute Gasteiger partial charge is 0.478 e. The van der Waals surface area contributed by atoms with Crippen molar-refractivity contribution in [3.8, 4) is 5.88 Å². The Morgan fingerprint density at radius 2 is 1.93 bits per heavy atom. The summed E-state index contributed by atoms with van der Waals surface area (Å²) in [5.41, 5.74) is 3.21. The maximum Gasteiger partial charge on any atom is 0.335 e. The summed E-state index contributed by atoms with van der Waals surface area (Å²) in [5.74, 6) is 1.58. The van der Waals surface area contributed by atoms with Crippen LogP contribution in [0.25, 0.3) is 11.0 Å². The van der Waals surface area contributed by atoms with Gasteiger partial charge in [0.2, 0.25) is 5.88 Å². The second-order valence-electron chi connectivity index (χ2n) is 11.0. The van der Waals surface area contributed by atoms with Crippen LogP contribution in [0.5, 0.6) is 5.88 Å². The topological polar surface area (TPSA) is 106 Å². The first-order valence-corrected chi connectivity index (χ1v) is 15.3. The van der Waals surface area contributed by atoms with Gasteiger partial charge in [-0.05, 0) is 56.4 Å². The number of pyridine rings is 1. The van der Waals surface area contributed by atoms with Gasteiger partial charge in [0.1, 0.15) is 23.3 Å². The summed E-state index contributed by atoms with van der Waals surface area (Å²) < 4.78 is 13.9. The van der Waals surface area contributed by atoms with Gasteiger partial charge in [0.05, 0.1) is 41.5 Å². The number of anilines is 1. The number of imidazole rings is 1. The van der Waals surface area contributed by atoms with Gasteiger partial charge in [-0.15, -0.1) is 11.3 Å². The van der Waals surface area contributed by atoms with Crippen molar-refractivity contribution in [2.45, 2.75) is 57.9 Å². The van der Waals surface area contributed by atoms with Gasteiger partial charge in [0.15, 0.2) is 0 Å². The number of ether oxygens (including phenoxy) is 2. The first kappa shape index (κ1) is 26.4. The average Bonchev–Trinajstić information content (AvgIpc) is 3.54. The molecule has 4 aromatic rings. The third kappa shape index (κ3) is 5.66. The molecule has 0 spiro atoms. The third-order valence-corrected chi connectivity index (χ3v) is 9.39. The molecule has 2 saturated heterocycles. The highest BCUT2D eigenvalue weighted by atomic mass is 32.1. The number of benzene rings is 1. The first-order chi connectivity index (χ1) is 20.1. The number of hydrogen-bond donors (Lipinski definition) is 1. The minimum absolute atomic E-state index is 0.151. The fourth-order valence-corrected chi connectivity index (χ4v) is 6.93. The zero-order valence-corrected chi connectivity index (χ0v) is 23.8. The van der Waals surface area contributed by atoms with Crippen LogP contribution in [0.15, 0.2) is 36.4 Å². The predicted octanol–water partition coefficient (Wildman–Crippen LogP) is 4.15. The van der Waals surface area contributed by atoms with E-state index < -0.39 is 5.97 Å². The highest BCUT2D eigenvalue weighted by molar-refractivity contribution is 7.11. The Labute approximate surface area is 242 Å². The summed E-state index contributed by atoms with van der Waals surface area (Å²) in [6.07, 6.45) is 5.89. The van der Waals surface area contributed by atoms with E-state index in [1.165, 1.54) is 23.4 Å². The van der Waals surface area contributed by atoms with Gasteiger partial charge >= 0.3 is 5.97 Å². The molecule has 2 fully saturated rings. The monoisotopic (exact) mass is 574 g/mol. The summed E-state index contributed by atoms with van der Waals surface area (Å²) in [4.78, 5) is 32.2. The second-order valence-corrected chi connectivity index (χ2v) is 12.2. The second kappa shape index (κ2) is 11.4. The molecule has 214 valence electrons. The van der Waals surface area contributed by atoms with Crippen LogP contribution in [-0.4, -0.2) is 74.4 Å². The number of hydrogen-bond acceptors (Lipinski definition) is 9. The first-order valence-electron chi connectivity index (χ1n) is 14.5. The molecule has 0 saturated carbocycles. The molecule has 1 atom stereocenters. The molecule has 1 N–H and O–H groups in total. The molecular weight excluding hydrogens is 540 g/mol. The molecule has 5 heterocycles. The van der Waals surface area contributed by atoms with E-state index in [9.17, 15) is 9.90 Å². The number of aromatic carboxylic acids is 1.